The third-order valence-corrected chi connectivity index (χ3v) is 5.74. The lowest BCUT2D eigenvalue weighted by atomic mass is 10.2. The van der Waals surface area contributed by atoms with Crippen LogP contribution in [0, 0.1) is 5.82 Å². The molecule has 0 saturated carbocycles. The molecular weight excluding hydrogens is 465 g/mol. The van der Waals surface area contributed by atoms with Gasteiger partial charge in [0.1, 0.15) is 5.82 Å². The first-order valence-corrected chi connectivity index (χ1v) is 11.6. The van der Waals surface area contributed by atoms with Crippen LogP contribution in [-0.2, 0) is 14.8 Å². The van der Waals surface area contributed by atoms with Crippen molar-refractivity contribution in [2.75, 3.05) is 17.9 Å². The number of hydrogen-bond donors (Lipinski definition) is 3. The molecular formula is C23H22FN3O6S. The van der Waals surface area contributed by atoms with Crippen molar-refractivity contribution in [3.63, 3.8) is 0 Å². The van der Waals surface area contributed by atoms with E-state index in [1.165, 1.54) is 24.3 Å². The molecule has 0 aliphatic carbocycles. The van der Waals surface area contributed by atoms with Crippen LogP contribution in [0.15, 0.2) is 77.7 Å². The zero-order valence-corrected chi connectivity index (χ0v) is 18.9. The minimum Gasteiger partial charge on any atom is -0.490 e. The highest BCUT2D eigenvalue weighted by Gasteiger charge is 2.15. The van der Waals surface area contributed by atoms with Crippen LogP contribution in [0.25, 0.3) is 0 Å². The monoisotopic (exact) mass is 487 g/mol. The molecule has 3 aromatic rings. The third-order valence-electron chi connectivity index (χ3n) is 4.35. The number of hydrazine groups is 1. The zero-order valence-electron chi connectivity index (χ0n) is 18.1. The number of halogens is 1. The molecule has 0 atom stereocenters. The Hall–Kier alpha value is -4.12. The fraction of sp³-hybridized carbons (Fsp3) is 0.130. The van der Waals surface area contributed by atoms with Gasteiger partial charge in [0.15, 0.2) is 18.1 Å². The summed E-state index contributed by atoms with van der Waals surface area (Å²) in [5.74, 6) is -0.871. The zero-order chi connectivity index (χ0) is 24.6. The van der Waals surface area contributed by atoms with Gasteiger partial charge >= 0.3 is 0 Å². The van der Waals surface area contributed by atoms with Crippen LogP contribution in [0.5, 0.6) is 11.5 Å². The van der Waals surface area contributed by atoms with E-state index in [-0.39, 0.29) is 22.8 Å². The van der Waals surface area contributed by atoms with Gasteiger partial charge in [-0.2, -0.15) is 0 Å². The van der Waals surface area contributed by atoms with Crippen LogP contribution >= 0.6 is 0 Å². The fourth-order valence-corrected chi connectivity index (χ4v) is 3.80. The minimum atomic E-state index is -3.92. The highest BCUT2D eigenvalue weighted by Crippen LogP contribution is 2.26. The number of ether oxygens (including phenoxy) is 2. The lowest BCUT2D eigenvalue weighted by molar-refractivity contribution is -0.123. The Kier molecular flexibility index (Phi) is 8.04. The Balaban J connectivity index is 1.51. The summed E-state index contributed by atoms with van der Waals surface area (Å²) in [6, 6.07) is 16.7. The standard InChI is InChI=1S/C23H22FN3O6S/c1-2-32-20-5-3-4-6-21(20)33-15-22(28)25-26-23(29)16-7-11-18(12-8-16)27-34(30,31)19-13-9-17(24)10-14-19/h3-14,27H,2,15H2,1H3,(H,25,28)(H,26,29). The first kappa shape index (κ1) is 24.5. The number of para-hydroxylation sites is 2. The molecule has 0 heterocycles. The van der Waals surface area contributed by atoms with E-state index in [0.29, 0.717) is 18.1 Å². The van der Waals surface area contributed by atoms with Crippen molar-refractivity contribution in [2.24, 2.45) is 0 Å². The van der Waals surface area contributed by atoms with E-state index in [1.54, 1.807) is 24.3 Å². The molecule has 11 heteroatoms. The molecule has 0 bridgehead atoms. The Bertz CT molecular complexity index is 1250. The van der Waals surface area contributed by atoms with Gasteiger partial charge in [-0.25, -0.2) is 12.8 Å². The second kappa shape index (κ2) is 11.1. The van der Waals surface area contributed by atoms with Crippen molar-refractivity contribution in [1.82, 2.24) is 10.9 Å². The number of sulfonamides is 1. The first-order chi connectivity index (χ1) is 16.3. The summed E-state index contributed by atoms with van der Waals surface area (Å²) in [5.41, 5.74) is 4.86. The Morgan fingerprint density at radius 2 is 1.47 bits per heavy atom. The summed E-state index contributed by atoms with van der Waals surface area (Å²) < 4.78 is 50.9. The lowest BCUT2D eigenvalue weighted by Crippen LogP contribution is -2.43. The molecule has 3 aromatic carbocycles. The second-order valence-electron chi connectivity index (χ2n) is 6.81. The van der Waals surface area contributed by atoms with Gasteiger partial charge in [-0.3, -0.25) is 25.2 Å². The van der Waals surface area contributed by atoms with Gasteiger partial charge in [0.2, 0.25) is 0 Å². The molecule has 0 saturated heterocycles. The molecule has 0 fully saturated rings. The average molecular weight is 488 g/mol. The number of benzene rings is 3. The summed E-state index contributed by atoms with van der Waals surface area (Å²) in [6.45, 7) is 1.91. The Labute approximate surface area is 195 Å². The number of carbonyl (C=O) groups is 2. The molecule has 0 radical (unpaired) electrons. The van der Waals surface area contributed by atoms with E-state index in [4.69, 9.17) is 9.47 Å². The van der Waals surface area contributed by atoms with Crippen molar-refractivity contribution in [3.05, 3.63) is 84.2 Å². The molecule has 0 aromatic heterocycles. The molecule has 0 unspecified atom stereocenters. The number of anilines is 1. The van der Waals surface area contributed by atoms with Gasteiger partial charge in [-0.05, 0) is 67.6 Å². The maximum absolute atomic E-state index is 13.0. The molecule has 34 heavy (non-hydrogen) atoms. The van der Waals surface area contributed by atoms with Crippen molar-refractivity contribution < 1.29 is 31.9 Å². The van der Waals surface area contributed by atoms with Crippen LogP contribution in [0.3, 0.4) is 0 Å². The number of nitrogens with one attached hydrogen (secondary N) is 3. The summed E-state index contributed by atoms with van der Waals surface area (Å²) in [4.78, 5) is 24.1. The van der Waals surface area contributed by atoms with Crippen LogP contribution in [0.4, 0.5) is 10.1 Å². The molecule has 178 valence electrons. The highest BCUT2D eigenvalue weighted by molar-refractivity contribution is 7.92. The number of hydrogen-bond acceptors (Lipinski definition) is 6. The quantitative estimate of drug-likeness (QED) is 0.399. The smallest absolute Gasteiger partial charge is 0.276 e. The Morgan fingerprint density at radius 1 is 0.853 bits per heavy atom. The predicted molar refractivity (Wildman–Crippen MR) is 122 cm³/mol. The van der Waals surface area contributed by atoms with Crippen LogP contribution in [0.2, 0.25) is 0 Å². The summed E-state index contributed by atoms with van der Waals surface area (Å²) in [7, 11) is -3.92. The lowest BCUT2D eigenvalue weighted by Gasteiger charge is -2.12. The fourth-order valence-electron chi connectivity index (χ4n) is 2.74. The number of amides is 2. The summed E-state index contributed by atoms with van der Waals surface area (Å²) in [6.07, 6.45) is 0. The van der Waals surface area contributed by atoms with Crippen molar-refractivity contribution in [3.8, 4) is 11.5 Å². The van der Waals surface area contributed by atoms with Gasteiger partial charge in [0.25, 0.3) is 21.8 Å². The highest BCUT2D eigenvalue weighted by atomic mass is 32.2. The second-order valence-corrected chi connectivity index (χ2v) is 8.49. The van der Waals surface area contributed by atoms with Crippen LogP contribution in [-0.4, -0.2) is 33.4 Å². The molecule has 0 aliphatic rings. The van der Waals surface area contributed by atoms with E-state index >= 15 is 0 Å². The summed E-state index contributed by atoms with van der Waals surface area (Å²) in [5, 5.41) is 0. The third kappa shape index (κ3) is 6.69. The largest absolute Gasteiger partial charge is 0.490 e. The van der Waals surface area contributed by atoms with Gasteiger partial charge < -0.3 is 9.47 Å². The molecule has 0 spiro atoms. The maximum atomic E-state index is 13.0. The Morgan fingerprint density at radius 3 is 2.09 bits per heavy atom. The maximum Gasteiger partial charge on any atom is 0.276 e. The molecule has 3 N–H and O–H groups in total. The van der Waals surface area contributed by atoms with Crippen molar-refractivity contribution in [2.45, 2.75) is 11.8 Å². The van der Waals surface area contributed by atoms with Crippen molar-refractivity contribution >= 4 is 27.5 Å². The van der Waals surface area contributed by atoms with Gasteiger partial charge in [0, 0.05) is 11.3 Å². The number of carbonyl (C=O) groups excluding carboxylic acids is 2. The van der Waals surface area contributed by atoms with Gasteiger partial charge in [0.05, 0.1) is 11.5 Å². The van der Waals surface area contributed by atoms with E-state index in [0.717, 1.165) is 24.3 Å². The SMILES string of the molecule is CCOc1ccccc1OCC(=O)NNC(=O)c1ccc(NS(=O)(=O)c2ccc(F)cc2)cc1. The molecule has 2 amide bonds. The molecule has 9 nitrogen and oxygen atoms in total. The predicted octanol–water partition coefficient (Wildman–Crippen LogP) is 2.87. The van der Waals surface area contributed by atoms with Gasteiger partial charge in [-0.15, -0.1) is 0 Å². The van der Waals surface area contributed by atoms with E-state index in [9.17, 15) is 22.4 Å². The van der Waals surface area contributed by atoms with Gasteiger partial charge in [-0.1, -0.05) is 12.1 Å². The summed E-state index contributed by atoms with van der Waals surface area (Å²) >= 11 is 0. The molecule has 0 aliphatic heterocycles. The van der Waals surface area contributed by atoms with Crippen molar-refractivity contribution in [1.29, 1.82) is 0 Å². The van der Waals surface area contributed by atoms with E-state index < -0.39 is 27.7 Å². The molecule has 3 rings (SSSR count). The van der Waals surface area contributed by atoms with E-state index in [2.05, 4.69) is 15.6 Å². The normalized spacial score (nSPS) is 10.8. The minimum absolute atomic E-state index is 0.107. The topological polar surface area (TPSA) is 123 Å². The first-order valence-electron chi connectivity index (χ1n) is 10.1. The van der Waals surface area contributed by atoms with Crippen LogP contribution < -0.4 is 25.0 Å². The average Bonchev–Trinajstić information content (AvgIpc) is 2.82. The van der Waals surface area contributed by atoms with Crippen LogP contribution in [0.1, 0.15) is 17.3 Å². The van der Waals surface area contributed by atoms with E-state index in [1.807, 2.05) is 6.92 Å². The number of rotatable bonds is 9.